The van der Waals surface area contributed by atoms with Crippen LogP contribution in [0, 0.1) is 12.8 Å². The molecule has 0 radical (unpaired) electrons. The molecule has 11 heteroatoms. The van der Waals surface area contributed by atoms with Crippen molar-refractivity contribution in [1.29, 1.82) is 0 Å². The number of anilines is 1. The van der Waals surface area contributed by atoms with Crippen molar-refractivity contribution in [2.75, 3.05) is 17.4 Å². The molecule has 0 bridgehead atoms. The number of aryl methyl sites for hydroxylation is 1. The molecule has 2 amide bonds. The summed E-state index contributed by atoms with van der Waals surface area (Å²) >= 11 is 19.1. The van der Waals surface area contributed by atoms with Gasteiger partial charge in [0.15, 0.2) is 0 Å². The molecule has 41 heavy (non-hydrogen) atoms. The number of hydrogen-bond acceptors (Lipinski definition) is 4. The minimum Gasteiger partial charge on any atom is -0.354 e. The van der Waals surface area contributed by atoms with Crippen LogP contribution < -0.4 is 9.62 Å². The first-order valence-corrected chi connectivity index (χ1v) is 15.8. The molecule has 3 rings (SSSR count). The Labute approximate surface area is 257 Å². The van der Waals surface area contributed by atoms with E-state index in [1.54, 1.807) is 43.3 Å². The van der Waals surface area contributed by atoms with Gasteiger partial charge in [0.25, 0.3) is 10.0 Å². The van der Waals surface area contributed by atoms with E-state index in [4.69, 9.17) is 34.8 Å². The third kappa shape index (κ3) is 8.38. The molecule has 0 unspecified atom stereocenters. The molecule has 0 aliphatic carbocycles. The van der Waals surface area contributed by atoms with Crippen LogP contribution in [0.1, 0.15) is 38.3 Å². The molecule has 0 saturated carbocycles. The number of hydrogen-bond donors (Lipinski definition) is 1. The number of sulfonamides is 1. The fourth-order valence-corrected chi connectivity index (χ4v) is 6.24. The average molecular weight is 639 g/mol. The van der Waals surface area contributed by atoms with Crippen molar-refractivity contribution in [1.82, 2.24) is 10.2 Å². The van der Waals surface area contributed by atoms with Crippen LogP contribution in [0.3, 0.4) is 0 Å². The largest absolute Gasteiger partial charge is 0.354 e. The van der Waals surface area contributed by atoms with Gasteiger partial charge in [-0.25, -0.2) is 8.42 Å². The fraction of sp³-hybridized carbons (Fsp3) is 0.333. The van der Waals surface area contributed by atoms with Gasteiger partial charge in [-0.3, -0.25) is 13.9 Å². The summed E-state index contributed by atoms with van der Waals surface area (Å²) in [7, 11) is -4.28. The lowest BCUT2D eigenvalue weighted by Crippen LogP contribution is -2.52. The summed E-state index contributed by atoms with van der Waals surface area (Å²) in [5.41, 5.74) is 1.53. The van der Waals surface area contributed by atoms with Crippen LogP contribution >= 0.6 is 34.8 Å². The highest BCUT2D eigenvalue weighted by atomic mass is 35.5. The zero-order chi connectivity index (χ0) is 30.3. The van der Waals surface area contributed by atoms with Gasteiger partial charge in [0, 0.05) is 23.1 Å². The maximum atomic E-state index is 14.1. The van der Waals surface area contributed by atoms with E-state index in [1.165, 1.54) is 35.2 Å². The molecular weight excluding hydrogens is 605 g/mol. The Hall–Kier alpha value is -2.78. The van der Waals surface area contributed by atoms with Gasteiger partial charge in [-0.1, -0.05) is 91.5 Å². The van der Waals surface area contributed by atoms with Gasteiger partial charge >= 0.3 is 0 Å². The second kappa shape index (κ2) is 14.4. The summed E-state index contributed by atoms with van der Waals surface area (Å²) in [4.78, 5) is 28.8. The molecule has 0 fully saturated rings. The highest BCUT2D eigenvalue weighted by molar-refractivity contribution is 7.92. The number of carbonyl (C=O) groups is 2. The Morgan fingerprint density at radius 2 is 1.59 bits per heavy atom. The van der Waals surface area contributed by atoms with Gasteiger partial charge in [-0.15, -0.1) is 0 Å². The first-order valence-electron chi connectivity index (χ1n) is 13.2. The third-order valence-corrected chi connectivity index (χ3v) is 9.13. The molecule has 0 saturated heterocycles. The van der Waals surface area contributed by atoms with E-state index in [1.807, 2.05) is 20.8 Å². The maximum absolute atomic E-state index is 14.1. The third-order valence-electron chi connectivity index (χ3n) is 6.43. The van der Waals surface area contributed by atoms with Crippen LogP contribution in [-0.2, 0) is 26.2 Å². The van der Waals surface area contributed by atoms with Crippen LogP contribution in [0.25, 0.3) is 0 Å². The minimum absolute atomic E-state index is 0.00614. The normalized spacial score (nSPS) is 12.2. The van der Waals surface area contributed by atoms with E-state index >= 15 is 0 Å². The van der Waals surface area contributed by atoms with E-state index < -0.39 is 28.5 Å². The Morgan fingerprint density at radius 3 is 2.20 bits per heavy atom. The monoisotopic (exact) mass is 637 g/mol. The van der Waals surface area contributed by atoms with E-state index in [0.717, 1.165) is 9.87 Å². The summed E-state index contributed by atoms with van der Waals surface area (Å²) in [6.45, 7) is 7.36. The van der Waals surface area contributed by atoms with Crippen molar-refractivity contribution in [3.8, 4) is 0 Å². The molecule has 0 aliphatic rings. The Bertz CT molecular complexity index is 1480. The van der Waals surface area contributed by atoms with Gasteiger partial charge in [-0.2, -0.15) is 0 Å². The molecular formula is C30H34Cl3N3O4S. The van der Waals surface area contributed by atoms with E-state index in [-0.39, 0.29) is 39.0 Å². The van der Waals surface area contributed by atoms with E-state index in [0.29, 0.717) is 23.6 Å². The van der Waals surface area contributed by atoms with Crippen molar-refractivity contribution >= 4 is 62.3 Å². The van der Waals surface area contributed by atoms with Gasteiger partial charge in [-0.05, 0) is 61.2 Å². The Kier molecular flexibility index (Phi) is 11.5. The molecule has 0 heterocycles. The summed E-state index contributed by atoms with van der Waals surface area (Å²) in [6.07, 6.45) is 0.294. The lowest BCUT2D eigenvalue weighted by atomic mass is 10.1. The number of halogens is 3. The highest BCUT2D eigenvalue weighted by Gasteiger charge is 2.34. The number of amides is 2. The summed E-state index contributed by atoms with van der Waals surface area (Å²) in [5.74, 6) is -0.747. The van der Waals surface area contributed by atoms with E-state index in [9.17, 15) is 18.0 Å². The Morgan fingerprint density at radius 1 is 0.927 bits per heavy atom. The standard InChI is InChI=1S/C30H34Cl3N3O4S/c1-5-27(30(38)34-17-20(2)3)35(18-22-8-6-7-9-25(22)32)29(37)19-36(28-16-23(31)12-15-26(28)33)41(39,40)24-13-10-21(4)11-14-24/h6-16,20,27H,5,17-19H2,1-4H3,(H,34,38)/t27-/m0/s1. The van der Waals surface area contributed by atoms with E-state index in [2.05, 4.69) is 5.32 Å². The molecule has 1 N–H and O–H groups in total. The average Bonchev–Trinajstić information content (AvgIpc) is 2.93. The number of nitrogens with zero attached hydrogens (tertiary/aromatic N) is 2. The van der Waals surface area contributed by atoms with Gasteiger partial charge < -0.3 is 10.2 Å². The minimum atomic E-state index is -4.28. The van der Waals surface area contributed by atoms with Crippen LogP contribution in [-0.4, -0.2) is 44.3 Å². The first kappa shape index (κ1) is 32.7. The van der Waals surface area contributed by atoms with Gasteiger partial charge in [0.1, 0.15) is 12.6 Å². The number of rotatable bonds is 12. The van der Waals surface area contributed by atoms with Crippen LogP contribution in [0.15, 0.2) is 71.6 Å². The number of carbonyl (C=O) groups excluding carboxylic acids is 2. The van der Waals surface area contributed by atoms with Crippen LogP contribution in [0.5, 0.6) is 0 Å². The van der Waals surface area contributed by atoms with Gasteiger partial charge in [0.05, 0.1) is 15.6 Å². The molecule has 3 aromatic rings. The first-order chi connectivity index (χ1) is 19.3. The molecule has 0 aromatic heterocycles. The molecule has 3 aromatic carbocycles. The molecule has 1 atom stereocenters. The van der Waals surface area contributed by atoms with Crippen LogP contribution in [0.4, 0.5) is 5.69 Å². The fourth-order valence-electron chi connectivity index (χ4n) is 4.18. The summed E-state index contributed by atoms with van der Waals surface area (Å²) in [5, 5.41) is 3.66. The predicted octanol–water partition coefficient (Wildman–Crippen LogP) is 6.73. The summed E-state index contributed by atoms with van der Waals surface area (Å²) < 4.78 is 28.9. The second-order valence-corrected chi connectivity index (χ2v) is 13.2. The van der Waals surface area contributed by atoms with Crippen LogP contribution in [0.2, 0.25) is 15.1 Å². The molecule has 7 nitrogen and oxygen atoms in total. The van der Waals surface area contributed by atoms with Crippen molar-refractivity contribution in [3.05, 3.63) is 92.9 Å². The lowest BCUT2D eigenvalue weighted by Gasteiger charge is -2.33. The predicted molar refractivity (Wildman–Crippen MR) is 166 cm³/mol. The highest BCUT2D eigenvalue weighted by Crippen LogP contribution is 2.33. The SMILES string of the molecule is CC[C@@H](C(=O)NCC(C)C)N(Cc1ccccc1Cl)C(=O)CN(c1cc(Cl)ccc1Cl)S(=O)(=O)c1ccc(C)cc1. The number of benzene rings is 3. The topological polar surface area (TPSA) is 86.8 Å². The van der Waals surface area contributed by atoms with Crippen molar-refractivity contribution in [2.45, 2.75) is 51.6 Å². The summed E-state index contributed by atoms with van der Waals surface area (Å²) in [6, 6.07) is 16.8. The Balaban J connectivity index is 2.10. The van der Waals surface area contributed by atoms with Crippen molar-refractivity contribution in [2.24, 2.45) is 5.92 Å². The van der Waals surface area contributed by atoms with Crippen molar-refractivity contribution < 1.29 is 18.0 Å². The number of nitrogens with one attached hydrogen (secondary N) is 1. The zero-order valence-corrected chi connectivity index (χ0v) is 26.5. The van der Waals surface area contributed by atoms with Crippen molar-refractivity contribution in [3.63, 3.8) is 0 Å². The molecule has 220 valence electrons. The molecule has 0 aliphatic heterocycles. The quantitative estimate of drug-likeness (QED) is 0.238. The smallest absolute Gasteiger partial charge is 0.264 e. The maximum Gasteiger partial charge on any atom is 0.264 e. The molecule has 0 spiro atoms. The van der Waals surface area contributed by atoms with Gasteiger partial charge in [0.2, 0.25) is 11.8 Å². The second-order valence-electron chi connectivity index (χ2n) is 10.1. The zero-order valence-electron chi connectivity index (χ0n) is 23.4. The lowest BCUT2D eigenvalue weighted by molar-refractivity contribution is -0.140.